The van der Waals surface area contributed by atoms with Crippen LogP contribution in [0.15, 0.2) is 36.7 Å². The molecule has 6 heteroatoms. The van der Waals surface area contributed by atoms with E-state index in [-0.39, 0.29) is 5.91 Å². The zero-order valence-corrected chi connectivity index (χ0v) is 11.8. The second-order valence-electron chi connectivity index (χ2n) is 4.18. The van der Waals surface area contributed by atoms with Gasteiger partial charge in [0, 0.05) is 23.3 Å². The summed E-state index contributed by atoms with van der Waals surface area (Å²) in [6.07, 6.45) is 2.35. The molecular formula is C14H15ClN4O. The molecular weight excluding hydrogens is 276 g/mol. The molecule has 0 saturated carbocycles. The van der Waals surface area contributed by atoms with E-state index in [4.69, 9.17) is 11.6 Å². The molecule has 0 spiro atoms. The smallest absolute Gasteiger partial charge is 0.274 e. The van der Waals surface area contributed by atoms with Crippen LogP contribution in [-0.4, -0.2) is 22.4 Å². The van der Waals surface area contributed by atoms with Crippen molar-refractivity contribution in [1.29, 1.82) is 0 Å². The van der Waals surface area contributed by atoms with Crippen molar-refractivity contribution in [3.05, 3.63) is 47.4 Å². The Morgan fingerprint density at radius 1 is 1.25 bits per heavy atom. The summed E-state index contributed by atoms with van der Waals surface area (Å²) in [6.45, 7) is 2.86. The van der Waals surface area contributed by atoms with E-state index in [9.17, 15) is 4.79 Å². The molecule has 0 aliphatic carbocycles. The first-order chi connectivity index (χ1) is 9.69. The summed E-state index contributed by atoms with van der Waals surface area (Å²) in [4.78, 5) is 20.1. The Kier molecular flexibility index (Phi) is 4.90. The minimum Gasteiger partial charge on any atom is -0.370 e. The lowest BCUT2D eigenvalue weighted by atomic mass is 10.3. The standard InChI is InChI=1S/C14H15ClN4O/c1-2-7-16-13-8-12(17-9-18-13)14(20)19-11-5-3-10(15)4-6-11/h3-6,8-9H,2,7H2,1H3,(H,19,20)(H,16,17,18). The molecule has 0 aliphatic heterocycles. The van der Waals surface area contributed by atoms with Crippen LogP contribution in [0.2, 0.25) is 5.02 Å². The molecule has 0 atom stereocenters. The first-order valence-corrected chi connectivity index (χ1v) is 6.69. The third-order valence-electron chi connectivity index (χ3n) is 2.56. The zero-order valence-electron chi connectivity index (χ0n) is 11.1. The fourth-order valence-electron chi connectivity index (χ4n) is 1.56. The van der Waals surface area contributed by atoms with Crippen LogP contribution in [-0.2, 0) is 0 Å². The van der Waals surface area contributed by atoms with Gasteiger partial charge in [0.1, 0.15) is 17.8 Å². The average Bonchev–Trinajstić information content (AvgIpc) is 2.48. The van der Waals surface area contributed by atoms with E-state index in [1.807, 2.05) is 0 Å². The second kappa shape index (κ2) is 6.86. The fraction of sp³-hybridized carbons (Fsp3) is 0.214. The number of rotatable bonds is 5. The number of aromatic nitrogens is 2. The van der Waals surface area contributed by atoms with Crippen LogP contribution in [0.3, 0.4) is 0 Å². The van der Waals surface area contributed by atoms with Gasteiger partial charge in [-0.05, 0) is 30.7 Å². The number of halogens is 1. The van der Waals surface area contributed by atoms with Crippen molar-refractivity contribution in [3.8, 4) is 0 Å². The van der Waals surface area contributed by atoms with Gasteiger partial charge in [0.15, 0.2) is 0 Å². The number of hydrogen-bond acceptors (Lipinski definition) is 4. The molecule has 1 amide bonds. The molecule has 0 aliphatic rings. The third kappa shape index (κ3) is 3.93. The topological polar surface area (TPSA) is 66.9 Å². The van der Waals surface area contributed by atoms with Crippen LogP contribution < -0.4 is 10.6 Å². The van der Waals surface area contributed by atoms with Crippen LogP contribution in [0, 0.1) is 0 Å². The van der Waals surface area contributed by atoms with Crippen LogP contribution in [0.4, 0.5) is 11.5 Å². The summed E-state index contributed by atoms with van der Waals surface area (Å²) in [5.41, 5.74) is 0.981. The van der Waals surface area contributed by atoms with Gasteiger partial charge < -0.3 is 10.6 Å². The normalized spacial score (nSPS) is 10.1. The monoisotopic (exact) mass is 290 g/mol. The van der Waals surface area contributed by atoms with Crippen molar-refractivity contribution < 1.29 is 4.79 Å². The molecule has 2 N–H and O–H groups in total. The zero-order chi connectivity index (χ0) is 14.4. The minimum atomic E-state index is -0.283. The van der Waals surface area contributed by atoms with E-state index in [2.05, 4.69) is 27.5 Å². The summed E-state index contributed by atoms with van der Waals surface area (Å²) < 4.78 is 0. The van der Waals surface area contributed by atoms with Gasteiger partial charge >= 0.3 is 0 Å². The second-order valence-corrected chi connectivity index (χ2v) is 4.61. The summed E-state index contributed by atoms with van der Waals surface area (Å²) in [5, 5.41) is 6.49. The number of nitrogens with zero attached hydrogens (tertiary/aromatic N) is 2. The van der Waals surface area contributed by atoms with Gasteiger partial charge in [-0.15, -0.1) is 0 Å². The first-order valence-electron chi connectivity index (χ1n) is 6.32. The Morgan fingerprint density at radius 2 is 2.00 bits per heavy atom. The number of nitrogens with one attached hydrogen (secondary N) is 2. The lowest BCUT2D eigenvalue weighted by molar-refractivity contribution is 0.102. The molecule has 0 saturated heterocycles. The third-order valence-corrected chi connectivity index (χ3v) is 2.81. The molecule has 2 rings (SSSR count). The Bertz CT molecular complexity index is 586. The van der Waals surface area contributed by atoms with Crippen LogP contribution in [0.25, 0.3) is 0 Å². The van der Waals surface area contributed by atoms with Gasteiger partial charge in [-0.3, -0.25) is 4.79 Å². The Morgan fingerprint density at radius 3 is 2.70 bits per heavy atom. The molecule has 1 aromatic heterocycles. The van der Waals surface area contributed by atoms with Gasteiger partial charge in [-0.1, -0.05) is 18.5 Å². The van der Waals surface area contributed by atoms with Crippen LogP contribution >= 0.6 is 11.6 Å². The van der Waals surface area contributed by atoms with Gasteiger partial charge in [0.25, 0.3) is 5.91 Å². The highest BCUT2D eigenvalue weighted by Crippen LogP contribution is 2.14. The van der Waals surface area contributed by atoms with Crippen molar-refractivity contribution in [2.45, 2.75) is 13.3 Å². The number of anilines is 2. The van der Waals surface area contributed by atoms with Crippen LogP contribution in [0.5, 0.6) is 0 Å². The fourth-order valence-corrected chi connectivity index (χ4v) is 1.69. The van der Waals surface area contributed by atoms with Gasteiger partial charge in [-0.25, -0.2) is 9.97 Å². The van der Waals surface area contributed by atoms with E-state index >= 15 is 0 Å². The van der Waals surface area contributed by atoms with Crippen molar-refractivity contribution in [2.75, 3.05) is 17.2 Å². The van der Waals surface area contributed by atoms with E-state index < -0.39 is 0 Å². The minimum absolute atomic E-state index is 0.283. The highest BCUT2D eigenvalue weighted by atomic mass is 35.5. The summed E-state index contributed by atoms with van der Waals surface area (Å²) in [5.74, 6) is 0.359. The molecule has 1 aromatic carbocycles. The molecule has 104 valence electrons. The Balaban J connectivity index is 2.06. The number of amides is 1. The first kappa shape index (κ1) is 14.3. The number of benzene rings is 1. The predicted octanol–water partition coefficient (Wildman–Crippen LogP) is 3.20. The van der Waals surface area contributed by atoms with Crippen molar-refractivity contribution in [1.82, 2.24) is 9.97 Å². The summed E-state index contributed by atoms with van der Waals surface area (Å²) in [6, 6.07) is 8.52. The van der Waals surface area contributed by atoms with Gasteiger partial charge in [0.05, 0.1) is 0 Å². The predicted molar refractivity (Wildman–Crippen MR) is 80.2 cm³/mol. The SMILES string of the molecule is CCCNc1cc(C(=O)Nc2ccc(Cl)cc2)ncn1. The highest BCUT2D eigenvalue weighted by Gasteiger charge is 2.09. The number of hydrogen-bond donors (Lipinski definition) is 2. The maximum absolute atomic E-state index is 12.1. The van der Waals surface area contributed by atoms with E-state index in [0.29, 0.717) is 22.2 Å². The molecule has 0 unspecified atom stereocenters. The highest BCUT2D eigenvalue weighted by molar-refractivity contribution is 6.30. The van der Waals surface area contributed by atoms with E-state index in [1.54, 1.807) is 30.3 Å². The largest absolute Gasteiger partial charge is 0.370 e. The summed E-state index contributed by atoms with van der Waals surface area (Å²) >= 11 is 5.79. The lowest BCUT2D eigenvalue weighted by Crippen LogP contribution is -2.14. The average molecular weight is 291 g/mol. The molecule has 1 heterocycles. The maximum Gasteiger partial charge on any atom is 0.274 e. The molecule has 0 bridgehead atoms. The molecule has 0 fully saturated rings. The lowest BCUT2D eigenvalue weighted by Gasteiger charge is -2.07. The van der Waals surface area contributed by atoms with Crippen molar-refractivity contribution in [3.63, 3.8) is 0 Å². The molecule has 2 aromatic rings. The molecule has 5 nitrogen and oxygen atoms in total. The van der Waals surface area contributed by atoms with E-state index in [1.165, 1.54) is 6.33 Å². The molecule has 20 heavy (non-hydrogen) atoms. The van der Waals surface area contributed by atoms with Gasteiger partial charge in [-0.2, -0.15) is 0 Å². The quantitative estimate of drug-likeness (QED) is 0.887. The van der Waals surface area contributed by atoms with E-state index in [0.717, 1.165) is 13.0 Å². The Labute approximate surface area is 122 Å². The van der Waals surface area contributed by atoms with Gasteiger partial charge in [0.2, 0.25) is 0 Å². The van der Waals surface area contributed by atoms with Crippen LogP contribution in [0.1, 0.15) is 23.8 Å². The Hall–Kier alpha value is -2.14. The maximum atomic E-state index is 12.1. The molecule has 0 radical (unpaired) electrons. The van der Waals surface area contributed by atoms with Crippen molar-refractivity contribution >= 4 is 29.0 Å². The number of carbonyl (C=O) groups is 1. The van der Waals surface area contributed by atoms with Crippen molar-refractivity contribution in [2.24, 2.45) is 0 Å². The summed E-state index contributed by atoms with van der Waals surface area (Å²) in [7, 11) is 0. The number of carbonyl (C=O) groups excluding carboxylic acids is 1.